The third-order valence-electron chi connectivity index (χ3n) is 8.55. The Morgan fingerprint density at radius 3 is 1.81 bits per heavy atom. The second-order valence-corrected chi connectivity index (χ2v) is 11.7. The molecule has 0 N–H and O–H groups in total. The Kier molecular flexibility index (Phi) is 7.73. The molecule has 0 aliphatic carbocycles. The number of furan rings is 1. The number of rotatable bonds is 7. The predicted octanol–water partition coefficient (Wildman–Crippen LogP) is 11.6. The molecule has 8 rings (SSSR count). The molecule has 0 saturated carbocycles. The van der Waals surface area contributed by atoms with Gasteiger partial charge in [0.25, 0.3) is 0 Å². The molecule has 0 saturated heterocycles. The van der Waals surface area contributed by atoms with Gasteiger partial charge in [-0.25, -0.2) is 15.0 Å². The molecule has 0 fully saturated rings. The first kappa shape index (κ1) is 29.0. The SMILES string of the molecule is C/C(=C\C=C/c1ccccc1)c1ccc(-c2nc(-c3ccccc3)nc(-c3c(-c4ccccc4)ccc4oc5ccccc5c34)n2)cc1. The summed E-state index contributed by atoms with van der Waals surface area (Å²) in [5.41, 5.74) is 9.97. The summed E-state index contributed by atoms with van der Waals surface area (Å²) in [5, 5.41) is 2.01. The van der Waals surface area contributed by atoms with Crippen molar-refractivity contribution >= 4 is 33.6 Å². The van der Waals surface area contributed by atoms with E-state index in [9.17, 15) is 0 Å². The summed E-state index contributed by atoms with van der Waals surface area (Å²) in [5.74, 6) is 1.83. The van der Waals surface area contributed by atoms with Gasteiger partial charge < -0.3 is 4.42 Å². The summed E-state index contributed by atoms with van der Waals surface area (Å²) in [6.07, 6.45) is 6.34. The van der Waals surface area contributed by atoms with Gasteiger partial charge in [0.05, 0.1) is 0 Å². The van der Waals surface area contributed by atoms with Gasteiger partial charge in [-0.1, -0.05) is 152 Å². The highest BCUT2D eigenvalue weighted by atomic mass is 16.3. The molecule has 0 amide bonds. The van der Waals surface area contributed by atoms with E-state index < -0.39 is 0 Å². The number of hydrogen-bond donors (Lipinski definition) is 0. The third kappa shape index (κ3) is 5.72. The maximum absolute atomic E-state index is 6.34. The van der Waals surface area contributed by atoms with Crippen molar-refractivity contribution < 1.29 is 4.42 Å². The van der Waals surface area contributed by atoms with Crippen LogP contribution in [0, 0.1) is 0 Å². The van der Waals surface area contributed by atoms with Gasteiger partial charge in [0.1, 0.15) is 11.2 Å². The zero-order chi connectivity index (χ0) is 32.3. The molecule has 0 radical (unpaired) electrons. The van der Waals surface area contributed by atoms with Gasteiger partial charge in [-0.15, -0.1) is 0 Å². The Hall–Kier alpha value is -6.39. The summed E-state index contributed by atoms with van der Waals surface area (Å²) in [6, 6.07) is 51.5. The lowest BCUT2D eigenvalue weighted by Crippen LogP contribution is -2.01. The van der Waals surface area contributed by atoms with Gasteiger partial charge in [0.2, 0.25) is 0 Å². The van der Waals surface area contributed by atoms with Crippen LogP contribution in [0.5, 0.6) is 0 Å². The van der Waals surface area contributed by atoms with Crippen LogP contribution in [0.4, 0.5) is 0 Å². The van der Waals surface area contributed by atoms with E-state index in [2.05, 4.69) is 97.9 Å². The molecule has 0 aliphatic rings. The highest BCUT2D eigenvalue weighted by Crippen LogP contribution is 2.42. The third-order valence-corrected chi connectivity index (χ3v) is 8.55. The minimum absolute atomic E-state index is 0.598. The highest BCUT2D eigenvalue weighted by Gasteiger charge is 2.21. The Bertz CT molecular complexity index is 2430. The Morgan fingerprint density at radius 2 is 1.10 bits per heavy atom. The molecule has 0 unspecified atom stereocenters. The summed E-state index contributed by atoms with van der Waals surface area (Å²) >= 11 is 0. The van der Waals surface area contributed by atoms with Gasteiger partial charge in [0, 0.05) is 27.5 Å². The van der Waals surface area contributed by atoms with E-state index >= 15 is 0 Å². The second-order valence-electron chi connectivity index (χ2n) is 11.7. The van der Waals surface area contributed by atoms with Crippen molar-refractivity contribution in [1.82, 2.24) is 15.0 Å². The molecule has 6 aromatic carbocycles. The van der Waals surface area contributed by atoms with E-state index in [-0.39, 0.29) is 0 Å². The van der Waals surface area contributed by atoms with E-state index in [1.165, 1.54) is 11.1 Å². The summed E-state index contributed by atoms with van der Waals surface area (Å²) in [4.78, 5) is 15.4. The topological polar surface area (TPSA) is 51.8 Å². The van der Waals surface area contributed by atoms with Crippen LogP contribution in [0.1, 0.15) is 18.1 Å². The maximum Gasteiger partial charge on any atom is 0.165 e. The predicted molar refractivity (Wildman–Crippen MR) is 198 cm³/mol. The van der Waals surface area contributed by atoms with Crippen LogP contribution >= 0.6 is 0 Å². The lowest BCUT2D eigenvalue weighted by Gasteiger charge is -2.13. The van der Waals surface area contributed by atoms with Crippen molar-refractivity contribution in [2.75, 3.05) is 0 Å². The van der Waals surface area contributed by atoms with E-state index in [4.69, 9.17) is 19.4 Å². The fraction of sp³-hybridized carbons (Fsp3) is 0.0227. The summed E-state index contributed by atoms with van der Waals surface area (Å²) < 4.78 is 6.34. The first-order valence-corrected chi connectivity index (χ1v) is 16.0. The number of nitrogens with zero attached hydrogens (tertiary/aromatic N) is 3. The van der Waals surface area contributed by atoms with E-state index in [1.807, 2.05) is 78.9 Å². The minimum Gasteiger partial charge on any atom is -0.456 e. The molecule has 48 heavy (non-hydrogen) atoms. The lowest BCUT2D eigenvalue weighted by molar-refractivity contribution is 0.669. The molecule has 4 nitrogen and oxygen atoms in total. The smallest absolute Gasteiger partial charge is 0.165 e. The van der Waals surface area contributed by atoms with E-state index in [0.29, 0.717) is 17.5 Å². The van der Waals surface area contributed by atoms with Crippen LogP contribution in [0.15, 0.2) is 168 Å². The van der Waals surface area contributed by atoms with Crippen molar-refractivity contribution in [3.05, 3.63) is 175 Å². The molecule has 0 spiro atoms. The van der Waals surface area contributed by atoms with E-state index in [0.717, 1.165) is 55.3 Å². The first-order valence-electron chi connectivity index (χ1n) is 16.0. The fourth-order valence-corrected chi connectivity index (χ4v) is 6.09. The van der Waals surface area contributed by atoms with Crippen LogP contribution in [0.25, 0.3) is 78.9 Å². The summed E-state index contributed by atoms with van der Waals surface area (Å²) in [6.45, 7) is 2.12. The number of benzene rings is 6. The van der Waals surface area contributed by atoms with Crippen molar-refractivity contribution in [3.8, 4) is 45.3 Å². The van der Waals surface area contributed by atoms with Gasteiger partial charge >= 0.3 is 0 Å². The lowest BCUT2D eigenvalue weighted by atomic mass is 9.94. The van der Waals surface area contributed by atoms with Crippen molar-refractivity contribution in [2.24, 2.45) is 0 Å². The number of fused-ring (bicyclic) bond motifs is 3. The van der Waals surface area contributed by atoms with Crippen molar-refractivity contribution in [2.45, 2.75) is 6.92 Å². The molecular weight excluding hydrogens is 587 g/mol. The quantitative estimate of drug-likeness (QED) is 0.167. The Labute approximate surface area is 279 Å². The maximum atomic E-state index is 6.34. The second kappa shape index (κ2) is 12.8. The van der Waals surface area contributed by atoms with Gasteiger partial charge in [-0.3, -0.25) is 0 Å². The molecule has 0 atom stereocenters. The Balaban J connectivity index is 1.28. The number of para-hydroxylation sites is 1. The van der Waals surface area contributed by atoms with Crippen molar-refractivity contribution in [3.63, 3.8) is 0 Å². The average molecular weight is 618 g/mol. The van der Waals surface area contributed by atoms with Crippen molar-refractivity contribution in [1.29, 1.82) is 0 Å². The molecule has 2 aromatic heterocycles. The zero-order valence-corrected chi connectivity index (χ0v) is 26.4. The molecule has 4 heteroatoms. The minimum atomic E-state index is 0.598. The Morgan fingerprint density at radius 1 is 0.521 bits per heavy atom. The number of allylic oxidation sites excluding steroid dienone is 3. The molecule has 0 bridgehead atoms. The molecule has 228 valence electrons. The highest BCUT2D eigenvalue weighted by molar-refractivity contribution is 6.15. The molecular formula is C44H31N3O. The monoisotopic (exact) mass is 617 g/mol. The molecule has 0 aliphatic heterocycles. The van der Waals surface area contributed by atoms with Gasteiger partial charge in [0.15, 0.2) is 17.5 Å². The number of hydrogen-bond acceptors (Lipinski definition) is 4. The van der Waals surface area contributed by atoms with Gasteiger partial charge in [-0.05, 0) is 52.9 Å². The van der Waals surface area contributed by atoms with Crippen LogP contribution in [-0.2, 0) is 0 Å². The number of aromatic nitrogens is 3. The van der Waals surface area contributed by atoms with Gasteiger partial charge in [-0.2, -0.15) is 0 Å². The average Bonchev–Trinajstić information content (AvgIpc) is 3.54. The standard InChI is InChI=1S/C44H31N3O/c1-30(14-13-17-31-15-5-2-6-16-31)32-24-26-35(27-25-32)43-45-42(34-20-9-4-10-21-34)46-44(47-43)41-36(33-18-7-3-8-19-33)28-29-39-40(41)37-22-11-12-23-38(37)48-39/h2-29H,1H3/b17-13-,30-14+. The van der Waals surface area contributed by atoms with Crippen LogP contribution in [-0.4, -0.2) is 15.0 Å². The normalized spacial score (nSPS) is 11.9. The molecule has 8 aromatic rings. The zero-order valence-electron chi connectivity index (χ0n) is 26.4. The molecule has 2 heterocycles. The van der Waals surface area contributed by atoms with Crippen LogP contribution in [0.2, 0.25) is 0 Å². The summed E-state index contributed by atoms with van der Waals surface area (Å²) in [7, 11) is 0. The first-order chi connectivity index (χ1) is 23.7. The van der Waals surface area contributed by atoms with Crippen LogP contribution in [0.3, 0.4) is 0 Å². The van der Waals surface area contributed by atoms with Crippen LogP contribution < -0.4 is 0 Å². The largest absolute Gasteiger partial charge is 0.456 e. The fourth-order valence-electron chi connectivity index (χ4n) is 6.09. The van der Waals surface area contributed by atoms with E-state index in [1.54, 1.807) is 0 Å².